The quantitative estimate of drug-likeness (QED) is 0.632. The fraction of sp³-hybridized carbons (Fsp3) is 0.273. The maximum absolute atomic E-state index is 11.4. The fourth-order valence-corrected chi connectivity index (χ4v) is 4.19. The first kappa shape index (κ1) is 18.9. The van der Waals surface area contributed by atoms with E-state index in [2.05, 4.69) is 0 Å². The molecule has 1 heterocycles. The predicted molar refractivity (Wildman–Crippen MR) is 106 cm³/mol. The average Bonchev–Trinajstić information content (AvgIpc) is 2.98. The summed E-state index contributed by atoms with van der Waals surface area (Å²) in [7, 11) is 1.58. The Morgan fingerprint density at radius 3 is 2.31 bits per heavy atom. The van der Waals surface area contributed by atoms with Crippen LogP contribution in [0.3, 0.4) is 0 Å². The fourth-order valence-electron chi connectivity index (χ4n) is 4.19. The molecule has 3 aromatic rings. The van der Waals surface area contributed by atoms with Crippen LogP contribution in [-0.4, -0.2) is 39.2 Å². The van der Waals surface area contributed by atoms with E-state index in [1.165, 1.54) is 0 Å². The van der Waals surface area contributed by atoms with Crippen LogP contribution in [0.1, 0.15) is 36.9 Å². The van der Waals surface area contributed by atoms with Gasteiger partial charge in [-0.25, -0.2) is 9.97 Å². The molecule has 7 heteroatoms. The number of aliphatic carboxylic acids is 2. The van der Waals surface area contributed by atoms with Crippen molar-refractivity contribution in [3.8, 4) is 17.0 Å². The van der Waals surface area contributed by atoms with E-state index < -0.39 is 17.4 Å². The third kappa shape index (κ3) is 3.18. The number of benzene rings is 2. The van der Waals surface area contributed by atoms with Gasteiger partial charge in [0.2, 0.25) is 0 Å². The van der Waals surface area contributed by atoms with Crippen LogP contribution in [0, 0.1) is 0 Å². The van der Waals surface area contributed by atoms with Crippen LogP contribution in [0.4, 0.5) is 0 Å². The third-order valence-electron chi connectivity index (χ3n) is 5.55. The number of methoxy groups -OCH3 is 1. The summed E-state index contributed by atoms with van der Waals surface area (Å²) in [5.74, 6) is -1.19. The van der Waals surface area contributed by atoms with Gasteiger partial charge in [0.05, 0.1) is 29.5 Å². The lowest BCUT2D eigenvalue weighted by Crippen LogP contribution is -2.28. The second kappa shape index (κ2) is 7.16. The van der Waals surface area contributed by atoms with Crippen LogP contribution in [0.15, 0.2) is 42.5 Å². The predicted octanol–water partition coefficient (Wildman–Crippen LogP) is 3.63. The number of hydrogen-bond donors (Lipinski definition) is 2. The Morgan fingerprint density at radius 2 is 1.66 bits per heavy atom. The first-order chi connectivity index (χ1) is 13.9. The summed E-state index contributed by atoms with van der Waals surface area (Å²) in [5, 5.41) is 18.6. The zero-order valence-electron chi connectivity index (χ0n) is 15.9. The molecule has 29 heavy (non-hydrogen) atoms. The molecule has 0 spiro atoms. The molecular weight excluding hydrogens is 372 g/mol. The number of aromatic nitrogens is 2. The summed E-state index contributed by atoms with van der Waals surface area (Å²) < 4.78 is 5.28. The Bertz CT molecular complexity index is 1110. The van der Waals surface area contributed by atoms with E-state index in [-0.39, 0.29) is 25.7 Å². The number of hydrogen-bond acceptors (Lipinski definition) is 5. The van der Waals surface area contributed by atoms with Gasteiger partial charge in [-0.05, 0) is 30.5 Å². The average molecular weight is 392 g/mol. The molecule has 0 saturated carbocycles. The molecule has 4 rings (SSSR count). The minimum absolute atomic E-state index is 0.0876. The molecule has 2 aromatic carbocycles. The first-order valence-electron chi connectivity index (χ1n) is 9.34. The number of carboxylic acid groups (broad SMARTS) is 2. The van der Waals surface area contributed by atoms with Crippen molar-refractivity contribution < 1.29 is 24.5 Å². The van der Waals surface area contributed by atoms with Crippen LogP contribution in [0.2, 0.25) is 0 Å². The van der Waals surface area contributed by atoms with Crippen molar-refractivity contribution in [1.29, 1.82) is 0 Å². The van der Waals surface area contributed by atoms with Gasteiger partial charge < -0.3 is 14.9 Å². The monoisotopic (exact) mass is 392 g/mol. The SMILES string of the molecule is COc1ccc2nc3c(nc2c1)-c1ccccc1C3(CCC(=O)O)CCC(=O)O. The van der Waals surface area contributed by atoms with Crippen LogP contribution >= 0.6 is 0 Å². The Labute approximate surface area is 167 Å². The Kier molecular flexibility index (Phi) is 4.66. The number of carboxylic acids is 2. The number of fused-ring (bicyclic) bond motifs is 4. The van der Waals surface area contributed by atoms with E-state index in [9.17, 15) is 19.8 Å². The van der Waals surface area contributed by atoms with Gasteiger partial charge in [0, 0.05) is 29.9 Å². The van der Waals surface area contributed by atoms with Gasteiger partial charge in [-0.3, -0.25) is 9.59 Å². The minimum Gasteiger partial charge on any atom is -0.497 e. The summed E-state index contributed by atoms with van der Waals surface area (Å²) in [6, 6.07) is 13.0. The summed E-state index contributed by atoms with van der Waals surface area (Å²) in [5.41, 5.74) is 3.62. The third-order valence-corrected chi connectivity index (χ3v) is 5.55. The highest BCUT2D eigenvalue weighted by Gasteiger charge is 2.45. The van der Waals surface area contributed by atoms with Gasteiger partial charge in [0.25, 0.3) is 0 Å². The largest absolute Gasteiger partial charge is 0.497 e. The second-order valence-corrected chi connectivity index (χ2v) is 7.19. The summed E-state index contributed by atoms with van der Waals surface area (Å²) >= 11 is 0. The first-order valence-corrected chi connectivity index (χ1v) is 9.34. The Morgan fingerprint density at radius 1 is 0.966 bits per heavy atom. The molecule has 0 atom stereocenters. The zero-order chi connectivity index (χ0) is 20.6. The lowest BCUT2D eigenvalue weighted by atomic mass is 9.73. The molecule has 0 saturated heterocycles. The molecule has 0 amide bonds. The molecule has 0 radical (unpaired) electrons. The Hall–Kier alpha value is -3.48. The molecular formula is C22H20N2O5. The van der Waals surface area contributed by atoms with Gasteiger partial charge in [0.1, 0.15) is 5.75 Å². The van der Waals surface area contributed by atoms with E-state index in [4.69, 9.17) is 14.7 Å². The number of ether oxygens (including phenoxy) is 1. The van der Waals surface area contributed by atoms with Crippen molar-refractivity contribution in [3.63, 3.8) is 0 Å². The van der Waals surface area contributed by atoms with Gasteiger partial charge in [-0.2, -0.15) is 0 Å². The van der Waals surface area contributed by atoms with Crippen LogP contribution in [0.25, 0.3) is 22.3 Å². The molecule has 2 N–H and O–H groups in total. The number of nitrogens with zero attached hydrogens (tertiary/aromatic N) is 2. The molecule has 1 aliphatic carbocycles. The summed E-state index contributed by atoms with van der Waals surface area (Å²) in [4.78, 5) is 32.4. The highest BCUT2D eigenvalue weighted by atomic mass is 16.5. The number of rotatable bonds is 7. The lowest BCUT2D eigenvalue weighted by molar-refractivity contribution is -0.137. The standard InChI is InChI=1S/C22H20N2O5/c1-29-13-6-7-16-17(12-13)23-20-14-4-2-3-5-15(14)22(21(20)24-16,10-8-18(25)26)11-9-19(27)28/h2-7,12H,8-11H2,1H3,(H,25,26)(H,27,28). The maximum Gasteiger partial charge on any atom is 0.303 e. The normalized spacial score (nSPS) is 13.7. The van der Waals surface area contributed by atoms with E-state index in [0.717, 1.165) is 11.1 Å². The van der Waals surface area contributed by atoms with E-state index in [0.29, 0.717) is 28.2 Å². The number of carbonyl (C=O) groups is 2. The van der Waals surface area contributed by atoms with Crippen molar-refractivity contribution >= 4 is 23.0 Å². The smallest absolute Gasteiger partial charge is 0.303 e. The molecule has 148 valence electrons. The zero-order valence-corrected chi connectivity index (χ0v) is 15.9. The van der Waals surface area contributed by atoms with Gasteiger partial charge in [-0.15, -0.1) is 0 Å². The topological polar surface area (TPSA) is 110 Å². The maximum atomic E-state index is 11.4. The van der Waals surface area contributed by atoms with Crippen molar-refractivity contribution in [2.45, 2.75) is 31.1 Å². The van der Waals surface area contributed by atoms with Gasteiger partial charge in [-0.1, -0.05) is 24.3 Å². The summed E-state index contributed by atoms with van der Waals surface area (Å²) in [6.45, 7) is 0. The minimum atomic E-state index is -0.927. The van der Waals surface area contributed by atoms with Crippen LogP contribution in [-0.2, 0) is 15.0 Å². The molecule has 0 bridgehead atoms. The van der Waals surface area contributed by atoms with Crippen molar-refractivity contribution in [2.75, 3.05) is 7.11 Å². The Balaban J connectivity index is 1.97. The van der Waals surface area contributed by atoms with E-state index in [1.807, 2.05) is 30.3 Å². The molecule has 0 aliphatic heterocycles. The molecule has 1 aliphatic rings. The van der Waals surface area contributed by atoms with Crippen molar-refractivity contribution in [1.82, 2.24) is 9.97 Å². The van der Waals surface area contributed by atoms with Crippen molar-refractivity contribution in [2.24, 2.45) is 0 Å². The van der Waals surface area contributed by atoms with E-state index >= 15 is 0 Å². The molecule has 0 fully saturated rings. The second-order valence-electron chi connectivity index (χ2n) is 7.19. The van der Waals surface area contributed by atoms with E-state index in [1.54, 1.807) is 19.2 Å². The van der Waals surface area contributed by atoms with Gasteiger partial charge >= 0.3 is 11.9 Å². The molecule has 1 aromatic heterocycles. The summed E-state index contributed by atoms with van der Waals surface area (Å²) in [6.07, 6.45) is 0.345. The van der Waals surface area contributed by atoms with Gasteiger partial charge in [0.15, 0.2) is 0 Å². The molecule has 0 unspecified atom stereocenters. The molecule has 7 nitrogen and oxygen atoms in total. The highest BCUT2D eigenvalue weighted by Crippen LogP contribution is 2.52. The highest BCUT2D eigenvalue weighted by molar-refractivity contribution is 5.85. The van der Waals surface area contributed by atoms with Crippen molar-refractivity contribution in [3.05, 3.63) is 53.7 Å². The lowest BCUT2D eigenvalue weighted by Gasteiger charge is -2.30. The van der Waals surface area contributed by atoms with Crippen LogP contribution in [0.5, 0.6) is 5.75 Å². The van der Waals surface area contributed by atoms with Crippen LogP contribution < -0.4 is 4.74 Å².